The molecule has 0 spiro atoms. The molecule has 0 radical (unpaired) electrons. The number of nitrogens with one attached hydrogen (secondary N) is 1. The van der Waals surface area contributed by atoms with Crippen molar-refractivity contribution in [1.29, 1.82) is 0 Å². The zero-order valence-electron chi connectivity index (χ0n) is 13.8. The van der Waals surface area contributed by atoms with Gasteiger partial charge in [-0.1, -0.05) is 34.8 Å². The molecule has 0 fully saturated rings. The first-order valence-corrected chi connectivity index (χ1v) is 8.96. The zero-order chi connectivity index (χ0) is 18.8. The fourth-order valence-corrected chi connectivity index (χ4v) is 3.47. The first-order chi connectivity index (χ1) is 12.4. The molecule has 0 aliphatic carbocycles. The van der Waals surface area contributed by atoms with E-state index >= 15 is 0 Å². The Morgan fingerprint density at radius 1 is 1.15 bits per heavy atom. The number of hydrogen-bond acceptors (Lipinski definition) is 3. The molecule has 2 aromatic rings. The highest BCUT2D eigenvalue weighted by Crippen LogP contribution is 2.37. The van der Waals surface area contributed by atoms with Crippen molar-refractivity contribution in [2.45, 2.75) is 13.0 Å². The minimum Gasteiger partial charge on any atom is -0.490 e. The summed E-state index contributed by atoms with van der Waals surface area (Å²) in [6.45, 7) is 1.89. The lowest BCUT2D eigenvalue weighted by atomic mass is 10.1. The van der Waals surface area contributed by atoms with Crippen LogP contribution in [0.2, 0.25) is 15.1 Å². The third-order valence-corrected chi connectivity index (χ3v) is 4.68. The van der Waals surface area contributed by atoms with Gasteiger partial charge in [-0.2, -0.15) is 0 Å². The van der Waals surface area contributed by atoms with Crippen LogP contribution in [-0.2, 0) is 9.59 Å². The normalized spacial score (nSPS) is 15.8. The van der Waals surface area contributed by atoms with Crippen LogP contribution in [-0.4, -0.2) is 25.0 Å². The van der Waals surface area contributed by atoms with Gasteiger partial charge in [-0.15, -0.1) is 0 Å². The van der Waals surface area contributed by atoms with Gasteiger partial charge in [0.1, 0.15) is 18.4 Å². The second kappa shape index (κ2) is 7.74. The molecule has 26 heavy (non-hydrogen) atoms. The van der Waals surface area contributed by atoms with Crippen molar-refractivity contribution >= 4 is 52.3 Å². The quantitative estimate of drug-likeness (QED) is 0.797. The third kappa shape index (κ3) is 3.90. The van der Waals surface area contributed by atoms with Gasteiger partial charge in [0.25, 0.3) is 5.91 Å². The molecular weight excluding hydrogens is 399 g/mol. The van der Waals surface area contributed by atoms with Crippen LogP contribution in [0.1, 0.15) is 18.5 Å². The van der Waals surface area contributed by atoms with Crippen LogP contribution < -0.4 is 15.0 Å². The van der Waals surface area contributed by atoms with Crippen molar-refractivity contribution in [2.75, 3.05) is 18.1 Å². The number of nitrogens with zero attached hydrogens (tertiary/aromatic N) is 1. The molecule has 0 saturated carbocycles. The van der Waals surface area contributed by atoms with Crippen LogP contribution in [0.3, 0.4) is 0 Å². The molecule has 3 rings (SSSR count). The van der Waals surface area contributed by atoms with Gasteiger partial charge in [-0.05, 0) is 36.4 Å². The maximum Gasteiger partial charge on any atom is 0.254 e. The first-order valence-electron chi connectivity index (χ1n) is 7.82. The molecule has 1 N–H and O–H groups in total. The molecular formula is C18H15Cl3N2O3. The monoisotopic (exact) mass is 412 g/mol. The molecule has 0 saturated heterocycles. The Hall–Kier alpha value is -1.95. The van der Waals surface area contributed by atoms with Crippen LogP contribution in [0.4, 0.5) is 5.69 Å². The minimum absolute atomic E-state index is 0.224. The summed E-state index contributed by atoms with van der Waals surface area (Å²) >= 11 is 18.0. The number of ether oxygens (including phenoxy) is 1. The van der Waals surface area contributed by atoms with Gasteiger partial charge >= 0.3 is 0 Å². The van der Waals surface area contributed by atoms with E-state index in [-0.39, 0.29) is 18.4 Å². The van der Waals surface area contributed by atoms with E-state index in [1.54, 1.807) is 41.3 Å². The maximum atomic E-state index is 12.7. The Kier molecular flexibility index (Phi) is 5.61. The molecule has 0 unspecified atom stereocenters. The number of rotatable bonds is 5. The van der Waals surface area contributed by atoms with Gasteiger partial charge in [-0.3, -0.25) is 9.59 Å². The van der Waals surface area contributed by atoms with E-state index in [9.17, 15) is 9.59 Å². The predicted molar refractivity (Wildman–Crippen MR) is 102 cm³/mol. The Balaban J connectivity index is 1.75. The van der Waals surface area contributed by atoms with Crippen molar-refractivity contribution in [3.8, 4) is 5.75 Å². The molecule has 5 nitrogen and oxygen atoms in total. The number of hydrogen-bond donors (Lipinski definition) is 1. The molecule has 1 aliphatic rings. The van der Waals surface area contributed by atoms with E-state index in [0.717, 1.165) is 0 Å². The Morgan fingerprint density at radius 3 is 2.54 bits per heavy atom. The summed E-state index contributed by atoms with van der Waals surface area (Å²) in [5, 5.41) is 4.07. The fraction of sp³-hybridized carbons (Fsp3) is 0.222. The summed E-state index contributed by atoms with van der Waals surface area (Å²) < 4.78 is 5.66. The van der Waals surface area contributed by atoms with E-state index in [4.69, 9.17) is 39.5 Å². The Morgan fingerprint density at radius 2 is 1.85 bits per heavy atom. The van der Waals surface area contributed by atoms with Crippen molar-refractivity contribution in [2.24, 2.45) is 0 Å². The van der Waals surface area contributed by atoms with Crippen LogP contribution in [0.15, 0.2) is 36.4 Å². The van der Waals surface area contributed by atoms with Crippen LogP contribution in [0.5, 0.6) is 5.75 Å². The SMILES string of the molecule is CC(=O)N[C@@H]1C(=O)N(CCOc2ccc(Cl)cc2Cl)c2ccc(Cl)cc21. The van der Waals surface area contributed by atoms with Gasteiger partial charge in [0.05, 0.1) is 11.6 Å². The summed E-state index contributed by atoms with van der Waals surface area (Å²) in [7, 11) is 0. The van der Waals surface area contributed by atoms with Crippen LogP contribution in [0.25, 0.3) is 0 Å². The molecule has 8 heteroatoms. The highest BCUT2D eigenvalue weighted by molar-refractivity contribution is 6.35. The lowest BCUT2D eigenvalue weighted by Crippen LogP contribution is -2.38. The largest absolute Gasteiger partial charge is 0.490 e. The molecule has 1 heterocycles. The van der Waals surface area contributed by atoms with Gasteiger partial charge < -0.3 is 15.0 Å². The summed E-state index contributed by atoms with van der Waals surface area (Å²) in [5.74, 6) is -0.0407. The molecule has 136 valence electrons. The van der Waals surface area contributed by atoms with Gasteiger partial charge in [0.2, 0.25) is 5.91 Å². The lowest BCUT2D eigenvalue weighted by molar-refractivity contribution is -0.126. The second-order valence-corrected chi connectivity index (χ2v) is 7.03. The van der Waals surface area contributed by atoms with Crippen molar-refractivity contribution in [1.82, 2.24) is 5.32 Å². The predicted octanol–water partition coefficient (Wildman–Crippen LogP) is 4.25. The Bertz CT molecular complexity index is 873. The number of carbonyl (C=O) groups excluding carboxylic acids is 2. The molecule has 1 aliphatic heterocycles. The second-order valence-electron chi connectivity index (χ2n) is 5.75. The van der Waals surface area contributed by atoms with Gasteiger partial charge in [0, 0.05) is 28.2 Å². The van der Waals surface area contributed by atoms with Crippen LogP contribution >= 0.6 is 34.8 Å². The highest BCUT2D eigenvalue weighted by atomic mass is 35.5. The van der Waals surface area contributed by atoms with Crippen molar-refractivity contribution < 1.29 is 14.3 Å². The average molecular weight is 414 g/mol. The lowest BCUT2D eigenvalue weighted by Gasteiger charge is -2.18. The first kappa shape index (κ1) is 18.8. The number of benzene rings is 2. The van der Waals surface area contributed by atoms with E-state index < -0.39 is 6.04 Å². The van der Waals surface area contributed by atoms with E-state index in [1.165, 1.54) is 6.92 Å². The Labute approximate surface area is 165 Å². The zero-order valence-corrected chi connectivity index (χ0v) is 16.0. The summed E-state index contributed by atoms with van der Waals surface area (Å²) in [5.41, 5.74) is 1.37. The molecule has 0 bridgehead atoms. The van der Waals surface area contributed by atoms with E-state index in [1.807, 2.05) is 0 Å². The molecule has 2 aromatic carbocycles. The van der Waals surface area contributed by atoms with Gasteiger partial charge in [-0.25, -0.2) is 0 Å². The maximum absolute atomic E-state index is 12.7. The number of carbonyl (C=O) groups is 2. The average Bonchev–Trinajstić information content (AvgIpc) is 2.81. The topological polar surface area (TPSA) is 58.6 Å². The number of anilines is 1. The highest BCUT2D eigenvalue weighted by Gasteiger charge is 2.37. The molecule has 2 amide bonds. The summed E-state index contributed by atoms with van der Waals surface area (Å²) in [4.78, 5) is 25.7. The third-order valence-electron chi connectivity index (χ3n) is 3.92. The van der Waals surface area contributed by atoms with Crippen molar-refractivity contribution in [3.05, 3.63) is 57.0 Å². The summed E-state index contributed by atoms with van der Waals surface area (Å²) in [6, 6.07) is 9.33. The van der Waals surface area contributed by atoms with E-state index in [0.29, 0.717) is 38.6 Å². The number of amides is 2. The standard InChI is InChI=1S/C18H15Cl3N2O3/c1-10(24)22-17-13-8-11(19)2-4-15(13)23(18(17)25)6-7-26-16-5-3-12(20)9-14(16)21/h2-5,8-9,17H,6-7H2,1H3,(H,22,24)/t17-/m0/s1. The molecule has 1 atom stereocenters. The van der Waals surface area contributed by atoms with Gasteiger partial charge in [0.15, 0.2) is 0 Å². The minimum atomic E-state index is -0.750. The van der Waals surface area contributed by atoms with Crippen molar-refractivity contribution in [3.63, 3.8) is 0 Å². The smallest absolute Gasteiger partial charge is 0.254 e. The summed E-state index contributed by atoms with van der Waals surface area (Å²) in [6.07, 6.45) is 0. The number of halogens is 3. The number of fused-ring (bicyclic) bond motifs is 1. The molecule has 0 aromatic heterocycles. The fourth-order valence-electron chi connectivity index (χ4n) is 2.82. The van der Waals surface area contributed by atoms with Crippen LogP contribution in [0, 0.1) is 0 Å². The van der Waals surface area contributed by atoms with E-state index in [2.05, 4.69) is 5.32 Å².